The van der Waals surface area contributed by atoms with Gasteiger partial charge >= 0.3 is 6.18 Å². The van der Waals surface area contributed by atoms with Gasteiger partial charge in [0, 0.05) is 87.4 Å². The number of carbonyl (C=O) groups excluding carboxylic acids is 12. The number of alkyl halides is 4. The van der Waals surface area contributed by atoms with E-state index in [1.807, 2.05) is 26.8 Å². The molecule has 3 N–H and O–H groups in total. The first-order chi connectivity index (χ1) is 49.1. The van der Waals surface area contributed by atoms with E-state index in [0.29, 0.717) is 38.0 Å². The summed E-state index contributed by atoms with van der Waals surface area (Å²) < 4.78 is 48.5. The molecule has 3 unspecified atom stereocenters. The number of likely N-dealkylation sites (N-methyl/N-ethyl adjacent to an activating group) is 7. The summed E-state index contributed by atoms with van der Waals surface area (Å²) in [5.41, 5.74) is -1.58. The number of hydrogen-bond donors (Lipinski definition) is 3. The summed E-state index contributed by atoms with van der Waals surface area (Å²) in [6, 6.07) is -9.99. The Labute approximate surface area is 618 Å². The fourth-order valence-electron chi connectivity index (χ4n) is 16.9. The first-order valence-corrected chi connectivity index (χ1v) is 38.8. The number of halogens is 4. The molecule has 29 heteroatoms. The lowest BCUT2D eigenvalue weighted by molar-refractivity contribution is -0.182. The van der Waals surface area contributed by atoms with Crippen LogP contribution in [0.2, 0.25) is 0 Å². The topological polar surface area (TPSA) is 279 Å². The van der Waals surface area contributed by atoms with Crippen molar-refractivity contribution < 1.29 is 75.4 Å². The van der Waals surface area contributed by atoms with Gasteiger partial charge in [-0.2, -0.15) is 13.2 Å². The highest BCUT2D eigenvalue weighted by Gasteiger charge is 2.54. The molecule has 3 heterocycles. The van der Waals surface area contributed by atoms with Crippen molar-refractivity contribution in [3.63, 3.8) is 0 Å². The van der Waals surface area contributed by atoms with E-state index in [0.717, 1.165) is 38.5 Å². The Bertz CT molecular complexity index is 3070. The largest absolute Gasteiger partial charge is 0.393 e. The Hall–Kier alpha value is -6.58. The molecule has 12 atom stereocenters. The summed E-state index contributed by atoms with van der Waals surface area (Å²) in [4.78, 5) is 193. The smallest absolute Gasteiger partial charge is 0.377 e. The van der Waals surface area contributed by atoms with Crippen molar-refractivity contribution in [3.8, 4) is 0 Å². The lowest BCUT2D eigenvalue weighted by Gasteiger charge is -2.46. The standard InChI is InChI=1S/C75H120ClF3N12O13/c1-14-23-56-65(95)81-55(38-46(4)5)67(97)89(15-2)45-63(94)86(11)57-26-18-17-21-37-90(71(57)101)60(40-49-29-27-47(6)28-30-49)70(100)84(9)44-61(92)80-54(34-32-48-31-33-52(53(76)39-48)75(77,78)79)68(98)91-43-51(104-16-3)41-58(91)66(96)82-74(35-22-36-74)73(103)88(13)64(50-24-19-20-25-50)72(102)87(12)59(69(99)83(7)8)42-62(93)85(56)10/h17-18,46-60,64H,14-16,19-45H2,1-13H3,(H,80,92)(H,81,95)(H,82,96)/b18-17-/t47?,48?,49?,51-,52?,53?,54+,55+,56+,57+,58+,59+,60+,64+/m1/s1. The van der Waals surface area contributed by atoms with Crippen LogP contribution >= 0.6 is 11.6 Å². The number of amides is 12. The molecule has 0 aromatic carbocycles. The molecule has 1 spiro atoms. The minimum absolute atomic E-state index is 0.00220. The third-order valence-corrected chi connectivity index (χ3v) is 23.9. The van der Waals surface area contributed by atoms with Crippen molar-refractivity contribution in [3.05, 3.63) is 12.2 Å². The maximum Gasteiger partial charge on any atom is 0.393 e. The lowest BCUT2D eigenvalue weighted by atomic mass is 9.74. The van der Waals surface area contributed by atoms with Gasteiger partial charge in [-0.25, -0.2) is 0 Å². The van der Waals surface area contributed by atoms with E-state index < -0.39 is 180 Å². The monoisotopic (exact) mass is 1490 g/mol. The minimum Gasteiger partial charge on any atom is -0.377 e. The predicted octanol–water partition coefficient (Wildman–Crippen LogP) is 6.27. The third-order valence-electron chi connectivity index (χ3n) is 23.4. The van der Waals surface area contributed by atoms with Crippen molar-refractivity contribution in [2.24, 2.45) is 35.5 Å². The molecule has 6 fully saturated rings. The van der Waals surface area contributed by atoms with E-state index in [4.69, 9.17) is 16.3 Å². The van der Waals surface area contributed by atoms with Crippen LogP contribution in [-0.4, -0.2) is 275 Å². The van der Waals surface area contributed by atoms with E-state index >= 15 is 28.8 Å². The highest BCUT2D eigenvalue weighted by atomic mass is 35.5. The normalized spacial score (nSPS) is 31.5. The molecule has 0 radical (unpaired) electrons. The lowest BCUT2D eigenvalue weighted by Crippen LogP contribution is -2.68. The van der Waals surface area contributed by atoms with E-state index in [1.165, 1.54) is 93.4 Å². The van der Waals surface area contributed by atoms with Gasteiger partial charge in [0.1, 0.15) is 53.9 Å². The summed E-state index contributed by atoms with van der Waals surface area (Å²) in [5.74, 6) is -9.98. The molecule has 3 aliphatic heterocycles. The van der Waals surface area contributed by atoms with Crippen molar-refractivity contribution in [2.45, 2.75) is 267 Å². The van der Waals surface area contributed by atoms with Gasteiger partial charge < -0.3 is 64.8 Å². The van der Waals surface area contributed by atoms with Gasteiger partial charge in [0.15, 0.2) is 0 Å². The molecule has 7 rings (SSSR count). The number of hydrogen-bond acceptors (Lipinski definition) is 13. The molecule has 4 saturated carbocycles. The van der Waals surface area contributed by atoms with Gasteiger partial charge in [-0.15, -0.1) is 11.6 Å². The zero-order valence-electron chi connectivity index (χ0n) is 63.9. The van der Waals surface area contributed by atoms with Crippen LogP contribution in [0.5, 0.6) is 0 Å². The number of rotatable bonds is 14. The van der Waals surface area contributed by atoms with Crippen LogP contribution in [0.15, 0.2) is 12.2 Å². The average molecular weight is 1490 g/mol. The van der Waals surface area contributed by atoms with Crippen LogP contribution in [0.1, 0.15) is 196 Å². The SMILES string of the molecule is CCC[C@H]1C(=O)N[C@@H](CC(C)C)C(=O)N(CC)CC(=O)N(C)[C@H]2C/C=C\CCN(C2=O)[C@@H](CC2CCC(C)CC2)C(=O)N(C)CC(=O)N[C@@H](CCC2CCC(C(F)(F)F)C(Cl)C2)C(=O)N2C[C@H](OCC)C[C@H]2C(=O)NC2(CCC2)C(=O)N(C)[C@@H](C2CCCC2)C(=O)N(C)[C@H](C(=O)N(C)C)CC(=O)N1C. The number of ether oxygens (including phenoxy) is 1. The Balaban J connectivity index is 1.31. The van der Waals surface area contributed by atoms with Crippen LogP contribution in [0.4, 0.5) is 13.2 Å². The Morgan fingerprint density at radius 3 is 1.93 bits per heavy atom. The van der Waals surface area contributed by atoms with E-state index in [-0.39, 0.29) is 115 Å². The van der Waals surface area contributed by atoms with Crippen molar-refractivity contribution in [2.75, 3.05) is 88.7 Å². The van der Waals surface area contributed by atoms with Gasteiger partial charge in [-0.05, 0) is 140 Å². The number of carbonyl (C=O) groups is 12. The minimum atomic E-state index is -4.53. The predicted molar refractivity (Wildman–Crippen MR) is 385 cm³/mol. The molecule has 4 aliphatic carbocycles. The summed E-state index contributed by atoms with van der Waals surface area (Å²) in [6.07, 6.45) is 5.69. The quantitative estimate of drug-likeness (QED) is 0.128. The van der Waals surface area contributed by atoms with Gasteiger partial charge in [-0.1, -0.05) is 84.8 Å². The first kappa shape index (κ1) is 84.7. The first-order valence-electron chi connectivity index (χ1n) is 38.4. The molecule has 12 amide bonds. The van der Waals surface area contributed by atoms with Crippen LogP contribution in [-0.2, 0) is 62.3 Å². The second-order valence-electron chi connectivity index (χ2n) is 31.6. The fourth-order valence-corrected chi connectivity index (χ4v) is 17.4. The van der Waals surface area contributed by atoms with E-state index in [2.05, 4.69) is 22.9 Å². The Morgan fingerprint density at radius 2 is 1.35 bits per heavy atom. The summed E-state index contributed by atoms with van der Waals surface area (Å²) in [6.45, 7) is 10.2. The summed E-state index contributed by atoms with van der Waals surface area (Å²) in [7, 11) is 10.2. The maximum atomic E-state index is 15.6. The Morgan fingerprint density at radius 1 is 0.683 bits per heavy atom. The maximum absolute atomic E-state index is 15.6. The number of fused-ring (bicyclic) bond motifs is 3. The van der Waals surface area contributed by atoms with E-state index in [1.54, 1.807) is 19.9 Å². The zero-order valence-corrected chi connectivity index (χ0v) is 64.7. The molecular weight excluding hydrogens is 1370 g/mol. The molecule has 2 bridgehead atoms. The highest BCUT2D eigenvalue weighted by Crippen LogP contribution is 2.44. The molecule has 2 saturated heterocycles. The number of nitrogens with one attached hydrogen (secondary N) is 3. The van der Waals surface area contributed by atoms with Crippen LogP contribution in [0.25, 0.3) is 0 Å². The molecule has 0 aromatic rings. The van der Waals surface area contributed by atoms with Crippen LogP contribution in [0.3, 0.4) is 0 Å². The number of nitrogens with zero attached hydrogens (tertiary/aromatic N) is 9. The van der Waals surface area contributed by atoms with Crippen LogP contribution < -0.4 is 16.0 Å². The highest BCUT2D eigenvalue weighted by molar-refractivity contribution is 6.21. The van der Waals surface area contributed by atoms with E-state index in [9.17, 15) is 41.9 Å². The van der Waals surface area contributed by atoms with Gasteiger partial charge in [0.25, 0.3) is 0 Å². The van der Waals surface area contributed by atoms with Crippen molar-refractivity contribution in [1.82, 2.24) is 60.0 Å². The van der Waals surface area contributed by atoms with Crippen LogP contribution in [0, 0.1) is 35.5 Å². The zero-order chi connectivity index (χ0) is 76.8. The molecule has 25 nitrogen and oxygen atoms in total. The molecular formula is C75H120ClF3N12O13. The summed E-state index contributed by atoms with van der Waals surface area (Å²) >= 11 is 6.45. The molecule has 104 heavy (non-hydrogen) atoms. The van der Waals surface area contributed by atoms with Crippen molar-refractivity contribution >= 4 is 82.5 Å². The fraction of sp³-hybridized carbons (Fsp3) is 0.813. The Kier molecular flexibility index (Phi) is 30.8. The second kappa shape index (κ2) is 37.8. The van der Waals surface area contributed by atoms with Gasteiger partial charge in [0.05, 0.1) is 31.5 Å². The average Bonchev–Trinajstić information content (AvgIpc) is 1.78. The third kappa shape index (κ3) is 21.0. The van der Waals surface area contributed by atoms with Gasteiger partial charge in [0.2, 0.25) is 70.9 Å². The van der Waals surface area contributed by atoms with Crippen molar-refractivity contribution in [1.29, 1.82) is 0 Å². The molecule has 0 aromatic heterocycles. The molecule has 7 aliphatic rings. The van der Waals surface area contributed by atoms with Gasteiger partial charge in [-0.3, -0.25) is 57.5 Å². The molecule has 586 valence electrons. The second-order valence-corrected chi connectivity index (χ2v) is 32.1. The summed E-state index contributed by atoms with van der Waals surface area (Å²) in [5, 5.41) is 7.57.